The van der Waals surface area contributed by atoms with E-state index in [0.717, 1.165) is 5.56 Å². The summed E-state index contributed by atoms with van der Waals surface area (Å²) in [5, 5.41) is 0. The Morgan fingerprint density at radius 1 is 1.20 bits per heavy atom. The predicted molar refractivity (Wildman–Crippen MR) is 53.6 cm³/mol. The summed E-state index contributed by atoms with van der Waals surface area (Å²) in [6, 6.07) is 7.01. The Bertz CT molecular complexity index is 303. The second-order valence-corrected chi connectivity index (χ2v) is 3.66. The van der Waals surface area contributed by atoms with Gasteiger partial charge in [-0.05, 0) is 19.0 Å². The first-order chi connectivity index (χ1) is 6.92. The van der Waals surface area contributed by atoms with Gasteiger partial charge in [-0.15, -0.1) is 0 Å². The van der Waals surface area contributed by atoms with E-state index in [1.165, 1.54) is 0 Å². The molecule has 0 saturated heterocycles. The fourth-order valence-corrected chi connectivity index (χ4v) is 1.46. The van der Waals surface area contributed by atoms with Gasteiger partial charge in [0, 0.05) is 5.92 Å². The van der Waals surface area contributed by atoms with Gasteiger partial charge in [0.05, 0.1) is 6.42 Å². The summed E-state index contributed by atoms with van der Waals surface area (Å²) in [7, 11) is 0. The molecule has 84 valence electrons. The minimum atomic E-state index is -4.16. The van der Waals surface area contributed by atoms with Gasteiger partial charge in [0.2, 0.25) is 0 Å². The summed E-state index contributed by atoms with van der Waals surface area (Å²) in [6.45, 7) is 1.91. The molecule has 1 nitrogen and oxygen atoms in total. The van der Waals surface area contributed by atoms with Crippen LogP contribution in [0, 0.1) is 6.92 Å². The summed E-state index contributed by atoms with van der Waals surface area (Å²) in [4.78, 5) is 0. The van der Waals surface area contributed by atoms with Gasteiger partial charge in [-0.3, -0.25) is 0 Å². The molecule has 0 saturated carbocycles. The van der Waals surface area contributed by atoms with Crippen LogP contribution in [0.3, 0.4) is 0 Å². The normalized spacial score (nSPS) is 13.9. The van der Waals surface area contributed by atoms with Crippen molar-refractivity contribution in [3.8, 4) is 0 Å². The molecular weight excluding hydrogens is 203 g/mol. The number of hydrogen-bond acceptors (Lipinski definition) is 1. The van der Waals surface area contributed by atoms with Crippen LogP contribution < -0.4 is 5.73 Å². The maximum atomic E-state index is 12.2. The molecule has 0 aromatic heterocycles. The van der Waals surface area contributed by atoms with Crippen molar-refractivity contribution < 1.29 is 13.2 Å². The maximum absolute atomic E-state index is 12.2. The number of aryl methyl sites for hydroxylation is 1. The van der Waals surface area contributed by atoms with E-state index in [0.29, 0.717) is 5.56 Å². The first-order valence-electron chi connectivity index (χ1n) is 4.76. The van der Waals surface area contributed by atoms with Gasteiger partial charge >= 0.3 is 6.18 Å². The fourth-order valence-electron chi connectivity index (χ4n) is 1.46. The number of rotatable bonds is 3. The molecule has 0 aliphatic rings. The molecule has 0 spiro atoms. The molecule has 1 rings (SSSR count). The Balaban J connectivity index is 2.79. The monoisotopic (exact) mass is 217 g/mol. The average Bonchev–Trinajstić information content (AvgIpc) is 2.14. The van der Waals surface area contributed by atoms with Crippen molar-refractivity contribution in [3.05, 3.63) is 35.4 Å². The third kappa shape index (κ3) is 3.91. The lowest BCUT2D eigenvalue weighted by molar-refractivity contribution is -0.138. The van der Waals surface area contributed by atoms with E-state index in [4.69, 9.17) is 5.73 Å². The fraction of sp³-hybridized carbons (Fsp3) is 0.455. The Hall–Kier alpha value is -1.03. The first kappa shape index (κ1) is 12.0. The zero-order valence-electron chi connectivity index (χ0n) is 8.51. The van der Waals surface area contributed by atoms with Crippen LogP contribution in [0.1, 0.15) is 23.5 Å². The van der Waals surface area contributed by atoms with E-state index >= 15 is 0 Å². The van der Waals surface area contributed by atoms with E-state index in [-0.39, 0.29) is 6.54 Å². The van der Waals surface area contributed by atoms with E-state index in [2.05, 4.69) is 0 Å². The average molecular weight is 217 g/mol. The molecule has 2 N–H and O–H groups in total. The van der Waals surface area contributed by atoms with Gasteiger partial charge in [-0.25, -0.2) is 0 Å². The molecule has 0 aliphatic heterocycles. The molecule has 1 aromatic carbocycles. The zero-order valence-corrected chi connectivity index (χ0v) is 8.51. The first-order valence-corrected chi connectivity index (χ1v) is 4.76. The van der Waals surface area contributed by atoms with Gasteiger partial charge in [0.1, 0.15) is 0 Å². The molecule has 1 aromatic rings. The lowest BCUT2D eigenvalue weighted by Gasteiger charge is -2.17. The summed E-state index contributed by atoms with van der Waals surface area (Å²) in [6.07, 6.45) is -5.01. The van der Waals surface area contributed by atoms with Crippen LogP contribution in [0.2, 0.25) is 0 Å². The molecule has 15 heavy (non-hydrogen) atoms. The Labute approximate surface area is 87.1 Å². The van der Waals surface area contributed by atoms with Crippen LogP contribution in [0.5, 0.6) is 0 Å². The Kier molecular flexibility index (Phi) is 3.74. The van der Waals surface area contributed by atoms with Crippen LogP contribution in [-0.4, -0.2) is 12.7 Å². The molecule has 0 fully saturated rings. The van der Waals surface area contributed by atoms with E-state index in [9.17, 15) is 13.2 Å². The quantitative estimate of drug-likeness (QED) is 0.827. The van der Waals surface area contributed by atoms with Gasteiger partial charge in [0.25, 0.3) is 0 Å². The minimum absolute atomic E-state index is 0.0164. The van der Waals surface area contributed by atoms with Gasteiger partial charge < -0.3 is 5.73 Å². The summed E-state index contributed by atoms with van der Waals surface area (Å²) < 4.78 is 36.6. The van der Waals surface area contributed by atoms with Crippen molar-refractivity contribution in [2.24, 2.45) is 5.73 Å². The number of halogens is 3. The lowest BCUT2D eigenvalue weighted by atomic mass is 9.95. The van der Waals surface area contributed by atoms with E-state index in [1.54, 1.807) is 24.3 Å². The molecule has 0 amide bonds. The molecule has 0 bridgehead atoms. The van der Waals surface area contributed by atoms with Crippen molar-refractivity contribution in [1.82, 2.24) is 0 Å². The standard InChI is InChI=1S/C11H14F3N/c1-8-2-4-9(5-3-8)10(7-15)6-11(12,13)14/h2-5,10H,6-7,15H2,1H3. The topological polar surface area (TPSA) is 26.0 Å². The number of benzene rings is 1. The molecule has 1 atom stereocenters. The van der Waals surface area contributed by atoms with Crippen LogP contribution in [0.4, 0.5) is 13.2 Å². The Morgan fingerprint density at radius 3 is 2.13 bits per heavy atom. The molecule has 0 aliphatic carbocycles. The summed E-state index contributed by atoms with van der Waals surface area (Å²) in [5.41, 5.74) is 7.03. The van der Waals surface area contributed by atoms with Gasteiger partial charge in [-0.1, -0.05) is 29.8 Å². The van der Waals surface area contributed by atoms with Crippen LogP contribution in [-0.2, 0) is 0 Å². The van der Waals surface area contributed by atoms with Crippen LogP contribution >= 0.6 is 0 Å². The highest BCUT2D eigenvalue weighted by atomic mass is 19.4. The second-order valence-electron chi connectivity index (χ2n) is 3.66. The van der Waals surface area contributed by atoms with Crippen molar-refractivity contribution in [2.45, 2.75) is 25.4 Å². The van der Waals surface area contributed by atoms with Crippen molar-refractivity contribution >= 4 is 0 Å². The molecule has 1 unspecified atom stereocenters. The molecule has 4 heteroatoms. The van der Waals surface area contributed by atoms with Crippen molar-refractivity contribution in [3.63, 3.8) is 0 Å². The van der Waals surface area contributed by atoms with Crippen LogP contribution in [0.15, 0.2) is 24.3 Å². The van der Waals surface area contributed by atoms with Gasteiger partial charge in [0.15, 0.2) is 0 Å². The van der Waals surface area contributed by atoms with Crippen LogP contribution in [0.25, 0.3) is 0 Å². The molecular formula is C11H14F3N. The highest BCUT2D eigenvalue weighted by Crippen LogP contribution is 2.30. The zero-order chi connectivity index (χ0) is 11.5. The van der Waals surface area contributed by atoms with Gasteiger partial charge in [-0.2, -0.15) is 13.2 Å². The Morgan fingerprint density at radius 2 is 1.73 bits per heavy atom. The largest absolute Gasteiger partial charge is 0.389 e. The second kappa shape index (κ2) is 4.66. The summed E-state index contributed by atoms with van der Waals surface area (Å²) in [5.74, 6) is -0.634. The summed E-state index contributed by atoms with van der Waals surface area (Å²) >= 11 is 0. The van der Waals surface area contributed by atoms with Crippen molar-refractivity contribution in [1.29, 1.82) is 0 Å². The lowest BCUT2D eigenvalue weighted by Crippen LogP contribution is -2.20. The third-order valence-corrected chi connectivity index (χ3v) is 2.31. The van der Waals surface area contributed by atoms with E-state index in [1.807, 2.05) is 6.92 Å². The molecule has 0 heterocycles. The highest BCUT2D eigenvalue weighted by molar-refractivity contribution is 5.24. The highest BCUT2D eigenvalue weighted by Gasteiger charge is 2.31. The molecule has 0 radical (unpaired) electrons. The van der Waals surface area contributed by atoms with Crippen molar-refractivity contribution in [2.75, 3.05) is 6.54 Å². The smallest absolute Gasteiger partial charge is 0.330 e. The third-order valence-electron chi connectivity index (χ3n) is 2.31. The minimum Gasteiger partial charge on any atom is -0.330 e. The maximum Gasteiger partial charge on any atom is 0.389 e. The number of hydrogen-bond donors (Lipinski definition) is 1. The number of nitrogens with two attached hydrogens (primary N) is 1. The number of alkyl halides is 3. The SMILES string of the molecule is Cc1ccc(C(CN)CC(F)(F)F)cc1. The predicted octanol–water partition coefficient (Wildman–Crippen LogP) is 2.99. The van der Waals surface area contributed by atoms with E-state index < -0.39 is 18.5 Å².